The van der Waals surface area contributed by atoms with Gasteiger partial charge in [-0.2, -0.15) is 0 Å². The van der Waals surface area contributed by atoms with Crippen LogP contribution in [-0.4, -0.2) is 56.2 Å². The van der Waals surface area contributed by atoms with Gasteiger partial charge in [0.1, 0.15) is 5.75 Å². The van der Waals surface area contributed by atoms with E-state index in [1.807, 2.05) is 56.3 Å². The first kappa shape index (κ1) is 21.0. The van der Waals surface area contributed by atoms with Gasteiger partial charge in [0.25, 0.3) is 5.91 Å². The van der Waals surface area contributed by atoms with E-state index in [4.69, 9.17) is 21.1 Å². The first-order valence-corrected chi connectivity index (χ1v) is 9.94. The highest BCUT2D eigenvalue weighted by Gasteiger charge is 2.22. The maximum absolute atomic E-state index is 12.3. The number of amides is 1. The molecule has 0 N–H and O–H groups in total. The number of aryl methyl sites for hydroxylation is 2. The minimum Gasteiger partial charge on any atom is -0.482 e. The number of halogens is 1. The third-order valence-corrected chi connectivity index (χ3v) is 5.09. The van der Waals surface area contributed by atoms with E-state index in [0.29, 0.717) is 37.0 Å². The molecule has 2 aromatic rings. The third-order valence-electron chi connectivity index (χ3n) is 4.85. The maximum atomic E-state index is 12.3. The molecule has 0 atom stereocenters. The number of hydrogen-bond donors (Lipinski definition) is 0. The largest absolute Gasteiger partial charge is 0.482 e. The Balaban J connectivity index is 1.40. The molecule has 0 spiro atoms. The average molecular weight is 417 g/mol. The Bertz CT molecular complexity index is 879. The average Bonchev–Trinajstić information content (AvgIpc) is 2.72. The second kappa shape index (κ2) is 9.65. The topological polar surface area (TPSA) is 59.1 Å². The number of hydrogen-bond acceptors (Lipinski definition) is 5. The first-order valence-electron chi connectivity index (χ1n) is 9.56. The molecule has 2 aromatic carbocycles. The molecule has 0 unspecified atom stereocenters. The summed E-state index contributed by atoms with van der Waals surface area (Å²) in [7, 11) is 0. The zero-order valence-corrected chi connectivity index (χ0v) is 17.4. The lowest BCUT2D eigenvalue weighted by atomic mass is 10.1. The van der Waals surface area contributed by atoms with Crippen molar-refractivity contribution in [1.29, 1.82) is 0 Å². The van der Waals surface area contributed by atoms with E-state index in [-0.39, 0.29) is 19.1 Å². The predicted molar refractivity (Wildman–Crippen MR) is 113 cm³/mol. The second-order valence-electron chi connectivity index (χ2n) is 7.07. The van der Waals surface area contributed by atoms with Gasteiger partial charge in [-0.25, -0.2) is 4.79 Å². The van der Waals surface area contributed by atoms with Crippen LogP contribution < -0.4 is 9.64 Å². The van der Waals surface area contributed by atoms with E-state index in [2.05, 4.69) is 4.90 Å². The van der Waals surface area contributed by atoms with Gasteiger partial charge in [-0.1, -0.05) is 29.8 Å². The Morgan fingerprint density at radius 2 is 1.76 bits per heavy atom. The van der Waals surface area contributed by atoms with Gasteiger partial charge >= 0.3 is 5.97 Å². The van der Waals surface area contributed by atoms with Crippen molar-refractivity contribution < 1.29 is 19.1 Å². The van der Waals surface area contributed by atoms with Crippen molar-refractivity contribution in [3.63, 3.8) is 0 Å². The number of rotatable bonds is 6. The van der Waals surface area contributed by atoms with Crippen molar-refractivity contribution in [3.05, 3.63) is 58.6 Å². The highest BCUT2D eigenvalue weighted by molar-refractivity contribution is 6.30. The zero-order valence-electron chi connectivity index (χ0n) is 16.7. The number of esters is 1. The molecule has 1 aliphatic heterocycles. The van der Waals surface area contributed by atoms with Crippen LogP contribution in [0.3, 0.4) is 0 Å². The SMILES string of the molecule is Cc1ccc(C)c(OCC(=O)OCC(=O)N2CCN(c3cccc(Cl)c3)CC2)c1. The van der Waals surface area contributed by atoms with Crippen molar-refractivity contribution in [2.24, 2.45) is 0 Å². The minimum atomic E-state index is -0.559. The van der Waals surface area contributed by atoms with Crippen LogP contribution in [0.25, 0.3) is 0 Å². The lowest BCUT2D eigenvalue weighted by molar-refractivity contribution is -0.153. The van der Waals surface area contributed by atoms with Crippen LogP contribution in [-0.2, 0) is 14.3 Å². The van der Waals surface area contributed by atoms with Gasteiger partial charge in [-0.05, 0) is 49.2 Å². The highest BCUT2D eigenvalue weighted by Crippen LogP contribution is 2.21. The summed E-state index contributed by atoms with van der Waals surface area (Å²) in [4.78, 5) is 28.2. The smallest absolute Gasteiger partial charge is 0.344 e. The molecule has 3 rings (SSSR count). The van der Waals surface area contributed by atoms with Gasteiger partial charge in [0, 0.05) is 36.9 Å². The Morgan fingerprint density at radius 3 is 2.48 bits per heavy atom. The summed E-state index contributed by atoms with van der Waals surface area (Å²) in [5.74, 6) is -0.113. The van der Waals surface area contributed by atoms with Crippen LogP contribution in [0, 0.1) is 13.8 Å². The summed E-state index contributed by atoms with van der Waals surface area (Å²) in [5.41, 5.74) is 3.03. The minimum absolute atomic E-state index is 0.198. The molecule has 1 saturated heterocycles. The van der Waals surface area contributed by atoms with Crippen molar-refractivity contribution in [2.75, 3.05) is 44.3 Å². The Morgan fingerprint density at radius 1 is 1.00 bits per heavy atom. The number of carbonyl (C=O) groups is 2. The summed E-state index contributed by atoms with van der Waals surface area (Å²) in [5, 5.41) is 0.691. The zero-order chi connectivity index (χ0) is 20.8. The van der Waals surface area contributed by atoms with Crippen molar-refractivity contribution >= 4 is 29.2 Å². The monoisotopic (exact) mass is 416 g/mol. The highest BCUT2D eigenvalue weighted by atomic mass is 35.5. The number of carbonyl (C=O) groups excluding carboxylic acids is 2. The molecule has 6 nitrogen and oxygen atoms in total. The molecular formula is C22H25ClN2O4. The van der Waals surface area contributed by atoms with Gasteiger partial charge in [0.2, 0.25) is 0 Å². The van der Waals surface area contributed by atoms with Crippen molar-refractivity contribution in [2.45, 2.75) is 13.8 Å². The van der Waals surface area contributed by atoms with E-state index in [9.17, 15) is 9.59 Å². The molecular weight excluding hydrogens is 392 g/mol. The summed E-state index contributed by atoms with van der Waals surface area (Å²) in [6.07, 6.45) is 0. The van der Waals surface area contributed by atoms with Crippen molar-refractivity contribution in [3.8, 4) is 5.75 Å². The Labute approximate surface area is 176 Å². The predicted octanol–water partition coefficient (Wildman–Crippen LogP) is 3.23. The standard InChI is InChI=1S/C22H25ClN2O4/c1-16-6-7-17(2)20(12-16)28-15-22(27)29-14-21(26)25-10-8-24(9-11-25)19-5-3-4-18(23)13-19/h3-7,12-13H,8-11,14-15H2,1-2H3. The molecule has 1 aliphatic rings. The van der Waals surface area contributed by atoms with Crippen LogP contribution in [0.2, 0.25) is 5.02 Å². The molecule has 0 aliphatic carbocycles. The van der Waals surface area contributed by atoms with Crippen molar-refractivity contribution in [1.82, 2.24) is 4.90 Å². The first-order chi connectivity index (χ1) is 13.9. The molecule has 29 heavy (non-hydrogen) atoms. The van der Waals surface area contributed by atoms with E-state index < -0.39 is 5.97 Å². The molecule has 1 heterocycles. The number of benzene rings is 2. The summed E-state index contributed by atoms with van der Waals surface area (Å²) < 4.78 is 10.6. The van der Waals surface area contributed by atoms with Crippen LogP contribution in [0.1, 0.15) is 11.1 Å². The summed E-state index contributed by atoms with van der Waals surface area (Å²) in [6, 6.07) is 13.4. The van der Waals surface area contributed by atoms with Crippen LogP contribution >= 0.6 is 11.6 Å². The van der Waals surface area contributed by atoms with E-state index in [1.165, 1.54) is 0 Å². The van der Waals surface area contributed by atoms with E-state index >= 15 is 0 Å². The number of anilines is 1. The number of ether oxygens (including phenoxy) is 2. The van der Waals surface area contributed by atoms with Gasteiger partial charge < -0.3 is 19.3 Å². The fourth-order valence-electron chi connectivity index (χ4n) is 3.16. The lowest BCUT2D eigenvalue weighted by Crippen LogP contribution is -2.50. The van der Waals surface area contributed by atoms with Gasteiger partial charge in [-0.3, -0.25) is 4.79 Å². The summed E-state index contributed by atoms with van der Waals surface area (Å²) >= 11 is 6.05. The van der Waals surface area contributed by atoms with Crippen LogP contribution in [0.15, 0.2) is 42.5 Å². The van der Waals surface area contributed by atoms with E-state index in [0.717, 1.165) is 16.8 Å². The molecule has 154 valence electrons. The molecule has 7 heteroatoms. The lowest BCUT2D eigenvalue weighted by Gasteiger charge is -2.36. The number of piperazine rings is 1. The Hall–Kier alpha value is -2.73. The fraction of sp³-hybridized carbons (Fsp3) is 0.364. The fourth-order valence-corrected chi connectivity index (χ4v) is 3.35. The molecule has 0 bridgehead atoms. The number of nitrogens with zero attached hydrogens (tertiary/aromatic N) is 2. The molecule has 0 aromatic heterocycles. The molecule has 0 saturated carbocycles. The van der Waals surface area contributed by atoms with Gasteiger partial charge in [-0.15, -0.1) is 0 Å². The van der Waals surface area contributed by atoms with Gasteiger partial charge in [0.05, 0.1) is 0 Å². The normalized spacial score (nSPS) is 13.9. The molecule has 0 radical (unpaired) electrons. The quantitative estimate of drug-likeness (QED) is 0.677. The Kier molecular flexibility index (Phi) is 6.99. The van der Waals surface area contributed by atoms with Gasteiger partial charge in [0.15, 0.2) is 13.2 Å². The third kappa shape index (κ3) is 5.87. The summed E-state index contributed by atoms with van der Waals surface area (Å²) in [6.45, 7) is 5.92. The van der Waals surface area contributed by atoms with Crippen LogP contribution in [0.4, 0.5) is 5.69 Å². The second-order valence-corrected chi connectivity index (χ2v) is 7.50. The van der Waals surface area contributed by atoms with E-state index in [1.54, 1.807) is 4.90 Å². The molecule has 1 amide bonds. The van der Waals surface area contributed by atoms with Crippen LogP contribution in [0.5, 0.6) is 5.75 Å². The maximum Gasteiger partial charge on any atom is 0.344 e. The molecule has 1 fully saturated rings.